The molecule has 3 aromatic rings. The summed E-state index contributed by atoms with van der Waals surface area (Å²) in [6, 6.07) is 6.81. The number of likely N-dealkylation sites (tertiary alicyclic amines) is 1. The van der Waals surface area contributed by atoms with Gasteiger partial charge in [0.2, 0.25) is 0 Å². The summed E-state index contributed by atoms with van der Waals surface area (Å²) < 4.78 is 10.2. The van der Waals surface area contributed by atoms with E-state index in [-0.39, 0.29) is 6.04 Å². The Morgan fingerprint density at radius 3 is 2.66 bits per heavy atom. The van der Waals surface area contributed by atoms with Crippen LogP contribution >= 0.6 is 0 Å². The lowest BCUT2D eigenvalue weighted by atomic mass is 9.88. The number of aromatic nitrogens is 5. The number of nitrogens with zero attached hydrogens (tertiary/aromatic N) is 6. The second-order valence-electron chi connectivity index (χ2n) is 10.6. The van der Waals surface area contributed by atoms with Crippen molar-refractivity contribution in [2.24, 2.45) is 5.92 Å². The normalized spacial score (nSPS) is 16.7. The Morgan fingerprint density at radius 2 is 1.91 bits per heavy atom. The number of carbonyl (C=O) groups excluding carboxylic acids is 1. The van der Waals surface area contributed by atoms with Crippen molar-refractivity contribution >= 4 is 5.78 Å². The third-order valence-corrected chi connectivity index (χ3v) is 7.00. The Hall–Kier alpha value is -3.00. The Balaban J connectivity index is 1.32. The average Bonchev–Trinajstić information content (AvgIpc) is 3.43. The number of hydrogen-bond acceptors (Lipinski definition) is 6. The van der Waals surface area contributed by atoms with Crippen molar-refractivity contribution in [3.05, 3.63) is 36.3 Å². The number of rotatable bonds is 7. The van der Waals surface area contributed by atoms with E-state index < -0.39 is 0 Å². The number of ether oxygens (including phenoxy) is 1. The Labute approximate surface area is 207 Å². The summed E-state index contributed by atoms with van der Waals surface area (Å²) in [6.07, 6.45) is 6.46. The Kier molecular flexibility index (Phi) is 6.73. The molecule has 0 spiro atoms. The van der Waals surface area contributed by atoms with E-state index in [1.165, 1.54) is 5.56 Å². The van der Waals surface area contributed by atoms with E-state index in [2.05, 4.69) is 71.6 Å². The van der Waals surface area contributed by atoms with Gasteiger partial charge in [0.05, 0.1) is 18.7 Å². The Morgan fingerprint density at radius 1 is 1.11 bits per heavy atom. The lowest BCUT2D eigenvalue weighted by molar-refractivity contribution is -0.121. The molecule has 8 heteroatoms. The van der Waals surface area contributed by atoms with Gasteiger partial charge < -0.3 is 9.30 Å². The van der Waals surface area contributed by atoms with Gasteiger partial charge in [-0.2, -0.15) is 5.10 Å². The standard InChI is InChI=1S/C27H36N6O2/c1-18(2)13-22(34)15-31-9-7-20(8-10-31)21-5-6-23-25(14-21)35-12-11-32-16-24(30-26(23)32)27-28-17-29-33(27)19(3)4/h5-6,14,16-20H,7-13,15H2,1-4H3. The molecule has 186 valence electrons. The number of ketones is 1. The fraction of sp³-hybridized carbons (Fsp3) is 0.556. The first kappa shape index (κ1) is 23.7. The first-order valence-corrected chi connectivity index (χ1v) is 12.9. The maximum atomic E-state index is 12.2. The SMILES string of the molecule is CC(C)CC(=O)CN1CCC(c2ccc3c(c2)OCCn2cc(-c4ncnn4C(C)C)nc2-3)CC1. The molecular weight excluding hydrogens is 440 g/mol. The highest BCUT2D eigenvalue weighted by molar-refractivity contribution is 5.80. The summed E-state index contributed by atoms with van der Waals surface area (Å²) in [5.41, 5.74) is 3.17. The molecule has 0 atom stereocenters. The second-order valence-corrected chi connectivity index (χ2v) is 10.6. The van der Waals surface area contributed by atoms with E-state index in [1.54, 1.807) is 6.33 Å². The van der Waals surface area contributed by atoms with Crippen LogP contribution in [0.3, 0.4) is 0 Å². The maximum Gasteiger partial charge on any atom is 0.178 e. The van der Waals surface area contributed by atoms with Crippen molar-refractivity contribution in [2.75, 3.05) is 26.2 Å². The summed E-state index contributed by atoms with van der Waals surface area (Å²) in [4.78, 5) is 24.0. The van der Waals surface area contributed by atoms with Gasteiger partial charge in [-0.15, -0.1) is 0 Å². The molecule has 2 aliphatic rings. The molecule has 2 aliphatic heterocycles. The zero-order valence-electron chi connectivity index (χ0n) is 21.3. The molecule has 0 aliphatic carbocycles. The molecule has 1 fully saturated rings. The van der Waals surface area contributed by atoms with E-state index in [4.69, 9.17) is 9.72 Å². The fourth-order valence-corrected chi connectivity index (χ4v) is 5.27. The summed E-state index contributed by atoms with van der Waals surface area (Å²) in [6.45, 7) is 12.3. The summed E-state index contributed by atoms with van der Waals surface area (Å²) in [7, 11) is 0. The van der Waals surface area contributed by atoms with E-state index in [0.717, 1.165) is 61.1 Å². The van der Waals surface area contributed by atoms with Crippen LogP contribution in [0.25, 0.3) is 22.9 Å². The molecule has 0 saturated carbocycles. The zero-order chi connectivity index (χ0) is 24.5. The number of carbonyl (C=O) groups is 1. The highest BCUT2D eigenvalue weighted by Gasteiger charge is 2.26. The number of Topliss-reactive ketones (excluding diaryl/α,β-unsaturated/α-hetero) is 1. The lowest BCUT2D eigenvalue weighted by Gasteiger charge is -2.32. The molecule has 0 N–H and O–H groups in total. The quantitative estimate of drug-likeness (QED) is 0.497. The molecule has 0 bridgehead atoms. The summed E-state index contributed by atoms with van der Waals surface area (Å²) >= 11 is 0. The average molecular weight is 477 g/mol. The van der Waals surface area contributed by atoms with Gasteiger partial charge in [0, 0.05) is 18.7 Å². The number of fused-ring (bicyclic) bond motifs is 3. The smallest absolute Gasteiger partial charge is 0.178 e. The number of hydrogen-bond donors (Lipinski definition) is 0. The predicted molar refractivity (Wildman–Crippen MR) is 135 cm³/mol. The van der Waals surface area contributed by atoms with Gasteiger partial charge >= 0.3 is 0 Å². The largest absolute Gasteiger partial charge is 0.491 e. The minimum atomic E-state index is 0.215. The second kappa shape index (κ2) is 9.93. The highest BCUT2D eigenvalue weighted by atomic mass is 16.5. The highest BCUT2D eigenvalue weighted by Crippen LogP contribution is 2.38. The molecule has 1 aromatic carbocycles. The lowest BCUT2D eigenvalue weighted by Crippen LogP contribution is -2.37. The van der Waals surface area contributed by atoms with Gasteiger partial charge in [0.1, 0.15) is 36.0 Å². The van der Waals surface area contributed by atoms with Crippen molar-refractivity contribution in [1.29, 1.82) is 0 Å². The molecule has 0 amide bonds. The van der Waals surface area contributed by atoms with Gasteiger partial charge in [0.25, 0.3) is 0 Å². The number of piperidine rings is 1. The van der Waals surface area contributed by atoms with Gasteiger partial charge in [-0.1, -0.05) is 19.9 Å². The fourth-order valence-electron chi connectivity index (χ4n) is 5.27. The van der Waals surface area contributed by atoms with Crippen LogP contribution in [0.2, 0.25) is 0 Å². The number of benzene rings is 1. The van der Waals surface area contributed by atoms with Gasteiger partial charge in [-0.05, 0) is 69.3 Å². The maximum absolute atomic E-state index is 12.2. The minimum Gasteiger partial charge on any atom is -0.491 e. The molecule has 2 aromatic heterocycles. The number of imidazole rings is 1. The summed E-state index contributed by atoms with van der Waals surface area (Å²) in [5, 5.41) is 4.37. The van der Waals surface area contributed by atoms with Crippen LogP contribution in [0.15, 0.2) is 30.7 Å². The molecule has 0 unspecified atom stereocenters. The predicted octanol–water partition coefficient (Wildman–Crippen LogP) is 4.58. The van der Waals surface area contributed by atoms with Crippen molar-refractivity contribution in [3.63, 3.8) is 0 Å². The minimum absolute atomic E-state index is 0.215. The molecule has 4 heterocycles. The zero-order valence-corrected chi connectivity index (χ0v) is 21.3. The van der Waals surface area contributed by atoms with E-state index in [0.29, 0.717) is 37.2 Å². The van der Waals surface area contributed by atoms with E-state index in [1.807, 2.05) is 4.68 Å². The summed E-state index contributed by atoms with van der Waals surface area (Å²) in [5.74, 6) is 3.88. The van der Waals surface area contributed by atoms with Crippen LogP contribution in [0.1, 0.15) is 64.5 Å². The van der Waals surface area contributed by atoms with Crippen molar-refractivity contribution in [2.45, 2.75) is 65.5 Å². The van der Waals surface area contributed by atoms with Crippen LogP contribution in [-0.2, 0) is 11.3 Å². The monoisotopic (exact) mass is 476 g/mol. The van der Waals surface area contributed by atoms with Crippen LogP contribution in [0, 0.1) is 5.92 Å². The molecule has 8 nitrogen and oxygen atoms in total. The molecule has 35 heavy (non-hydrogen) atoms. The van der Waals surface area contributed by atoms with Crippen molar-refractivity contribution in [1.82, 2.24) is 29.2 Å². The van der Waals surface area contributed by atoms with Crippen molar-refractivity contribution < 1.29 is 9.53 Å². The third kappa shape index (κ3) is 5.03. The topological polar surface area (TPSA) is 78.1 Å². The van der Waals surface area contributed by atoms with Crippen LogP contribution < -0.4 is 4.74 Å². The molecule has 1 saturated heterocycles. The van der Waals surface area contributed by atoms with Crippen LogP contribution in [0.5, 0.6) is 5.75 Å². The van der Waals surface area contributed by atoms with Gasteiger partial charge in [-0.25, -0.2) is 14.6 Å². The molecular formula is C27H36N6O2. The van der Waals surface area contributed by atoms with E-state index >= 15 is 0 Å². The molecule has 0 radical (unpaired) electrons. The van der Waals surface area contributed by atoms with E-state index in [9.17, 15) is 4.79 Å². The third-order valence-electron chi connectivity index (χ3n) is 7.00. The van der Waals surface area contributed by atoms with Gasteiger partial charge in [0.15, 0.2) is 5.82 Å². The Bertz CT molecular complexity index is 1190. The van der Waals surface area contributed by atoms with Crippen LogP contribution in [0.4, 0.5) is 0 Å². The first-order valence-electron chi connectivity index (χ1n) is 12.9. The molecule has 5 rings (SSSR count). The van der Waals surface area contributed by atoms with Crippen molar-refractivity contribution in [3.8, 4) is 28.7 Å². The van der Waals surface area contributed by atoms with Crippen LogP contribution in [-0.4, -0.2) is 61.2 Å². The van der Waals surface area contributed by atoms with Gasteiger partial charge in [-0.3, -0.25) is 9.69 Å². The first-order chi connectivity index (χ1) is 16.9.